The lowest BCUT2D eigenvalue weighted by Gasteiger charge is -2.01. The van der Waals surface area contributed by atoms with Crippen LogP contribution >= 0.6 is 23.2 Å². The number of Topliss-reactive ketones (excluding diaryl/α,β-unsaturated/α-hetero) is 1. The van der Waals surface area contributed by atoms with Crippen molar-refractivity contribution in [2.75, 3.05) is 0 Å². The third-order valence-electron chi connectivity index (χ3n) is 2.84. The van der Waals surface area contributed by atoms with Crippen LogP contribution in [0.3, 0.4) is 0 Å². The van der Waals surface area contributed by atoms with Crippen molar-refractivity contribution in [3.8, 4) is 11.5 Å². The number of rotatable bonds is 2. The molecule has 0 saturated carbocycles. The average Bonchev–Trinajstić information content (AvgIpc) is 2.46. The Balaban J connectivity index is 0.000000425. The van der Waals surface area contributed by atoms with E-state index in [2.05, 4.69) is 5.16 Å². The van der Waals surface area contributed by atoms with Crippen molar-refractivity contribution in [1.29, 1.82) is 0 Å². The number of hydrogen-bond acceptors (Lipinski definition) is 5. The molecule has 130 valence electrons. The molecule has 2 aromatic rings. The second kappa shape index (κ2) is 9.80. The number of phenols is 2. The van der Waals surface area contributed by atoms with Crippen molar-refractivity contribution in [1.82, 2.24) is 0 Å². The van der Waals surface area contributed by atoms with E-state index in [4.69, 9.17) is 33.5 Å². The Hall–Kier alpha value is -2.24. The van der Waals surface area contributed by atoms with Crippen LogP contribution in [0.25, 0.3) is 0 Å². The maximum atomic E-state index is 10.8. The zero-order chi connectivity index (χ0) is 17.6. The van der Waals surface area contributed by atoms with Gasteiger partial charge in [-0.05, 0) is 50.2 Å². The summed E-state index contributed by atoms with van der Waals surface area (Å²) in [4.78, 5) is 10.8. The van der Waals surface area contributed by atoms with E-state index in [1.54, 1.807) is 25.1 Å². The smallest absolute Gasteiger partial charge is 0.163 e. The minimum atomic E-state index is -0.167. The molecule has 0 unspecified atom stereocenters. The van der Waals surface area contributed by atoms with Gasteiger partial charge in [-0.1, -0.05) is 35.8 Å². The number of carbonyl (C=O) groups excluding carboxylic acids is 1. The molecule has 0 aromatic heterocycles. The van der Waals surface area contributed by atoms with E-state index in [0.717, 1.165) is 0 Å². The molecule has 0 fully saturated rings. The van der Waals surface area contributed by atoms with E-state index in [0.29, 0.717) is 26.9 Å². The lowest BCUT2D eigenvalue weighted by Crippen LogP contribution is -1.94. The van der Waals surface area contributed by atoms with Crippen LogP contribution in [0, 0.1) is 0 Å². The molecule has 24 heavy (non-hydrogen) atoms. The van der Waals surface area contributed by atoms with E-state index in [9.17, 15) is 9.90 Å². The average molecular weight is 372 g/mol. The summed E-state index contributed by atoms with van der Waals surface area (Å²) in [5.41, 5.74) is 1.13. The van der Waals surface area contributed by atoms with Crippen LogP contribution in [-0.4, -0.2) is 26.9 Å². The first kappa shape index (κ1) is 21.8. The molecule has 5 nitrogen and oxygen atoms in total. The number of phenolic OH excluding ortho intramolecular Hbond substituents is 2. The van der Waals surface area contributed by atoms with Crippen LogP contribution < -0.4 is 0 Å². The number of halogens is 2. The monoisotopic (exact) mass is 371 g/mol. The van der Waals surface area contributed by atoms with Crippen molar-refractivity contribution >= 4 is 34.7 Å². The number of oxime groups is 1. The summed E-state index contributed by atoms with van der Waals surface area (Å²) in [6.45, 7) is 2.98. The van der Waals surface area contributed by atoms with Gasteiger partial charge in [0, 0.05) is 15.6 Å². The van der Waals surface area contributed by atoms with Crippen molar-refractivity contribution in [2.24, 2.45) is 5.16 Å². The zero-order valence-corrected chi connectivity index (χ0v) is 13.9. The molecule has 2 rings (SSSR count). The molecule has 0 atom stereocenters. The predicted octanol–water partition coefficient (Wildman–Crippen LogP) is 5.13. The molecule has 0 radical (unpaired) electrons. The highest BCUT2D eigenvalue weighted by Crippen LogP contribution is 2.22. The largest absolute Gasteiger partial charge is 0.507 e. The highest BCUT2D eigenvalue weighted by molar-refractivity contribution is 6.31. The number of aromatic hydroxyl groups is 2. The standard InChI is InChI=1S/C8H8ClNO2.C8H7ClO2.CH4/c1-5(10-12)7-3-2-6(9)4-8(7)11;1-5(10)7-3-2-6(9)4-8(7)11;/h2-4,11-12H,1H3;2-4,11H,1H3;1H4. The van der Waals surface area contributed by atoms with Crippen molar-refractivity contribution < 1.29 is 20.2 Å². The quantitative estimate of drug-likeness (QED) is 0.295. The van der Waals surface area contributed by atoms with E-state index in [-0.39, 0.29) is 24.7 Å². The molecule has 0 saturated heterocycles. The Kier molecular flexibility index (Phi) is 8.89. The maximum absolute atomic E-state index is 10.8. The number of benzene rings is 2. The van der Waals surface area contributed by atoms with Crippen LogP contribution in [0.2, 0.25) is 10.0 Å². The SMILES string of the molecule is C.CC(=NO)c1ccc(Cl)cc1O.CC(=O)c1ccc(Cl)cc1O. The second-order valence-corrected chi connectivity index (χ2v) is 5.44. The van der Waals surface area contributed by atoms with Crippen molar-refractivity contribution in [3.63, 3.8) is 0 Å². The zero-order valence-electron chi connectivity index (χ0n) is 12.4. The summed E-state index contributed by atoms with van der Waals surface area (Å²) in [5.74, 6) is -0.220. The van der Waals surface area contributed by atoms with Gasteiger partial charge >= 0.3 is 0 Å². The lowest BCUT2D eigenvalue weighted by molar-refractivity contribution is 0.101. The molecule has 0 bridgehead atoms. The molecule has 0 aliphatic carbocycles. The third kappa shape index (κ3) is 6.10. The van der Waals surface area contributed by atoms with Crippen molar-refractivity contribution in [3.05, 3.63) is 57.6 Å². The summed E-state index contributed by atoms with van der Waals surface area (Å²) in [7, 11) is 0. The van der Waals surface area contributed by atoms with Gasteiger partial charge in [-0.25, -0.2) is 0 Å². The topological polar surface area (TPSA) is 90.1 Å². The van der Waals surface area contributed by atoms with Gasteiger partial charge in [0.25, 0.3) is 0 Å². The van der Waals surface area contributed by atoms with Gasteiger partial charge in [0.2, 0.25) is 0 Å². The molecule has 0 amide bonds. The number of nitrogens with zero attached hydrogens (tertiary/aromatic N) is 1. The first-order valence-electron chi connectivity index (χ1n) is 6.43. The van der Waals surface area contributed by atoms with Gasteiger partial charge in [0.15, 0.2) is 5.78 Å². The first-order valence-corrected chi connectivity index (χ1v) is 7.18. The minimum absolute atomic E-state index is 0. The predicted molar refractivity (Wildman–Crippen MR) is 97.0 cm³/mol. The van der Waals surface area contributed by atoms with E-state index in [1.807, 2.05) is 0 Å². The first-order chi connectivity index (χ1) is 10.8. The second-order valence-electron chi connectivity index (χ2n) is 4.56. The Bertz CT molecular complexity index is 745. The fraction of sp³-hybridized carbons (Fsp3) is 0.176. The molecular weight excluding hydrogens is 353 g/mol. The summed E-state index contributed by atoms with van der Waals surface area (Å²) in [5, 5.41) is 30.7. The molecule has 0 aliphatic heterocycles. The fourth-order valence-corrected chi connectivity index (χ4v) is 2.00. The van der Waals surface area contributed by atoms with Crippen LogP contribution in [0.5, 0.6) is 11.5 Å². The Morgan fingerprint density at radius 1 is 0.917 bits per heavy atom. The highest BCUT2D eigenvalue weighted by Gasteiger charge is 2.05. The Labute approximate surface area is 150 Å². The molecule has 0 heterocycles. The van der Waals surface area contributed by atoms with Gasteiger partial charge in [-0.3, -0.25) is 4.79 Å². The van der Waals surface area contributed by atoms with E-state index in [1.165, 1.54) is 25.1 Å². The molecule has 2 aromatic carbocycles. The van der Waals surface area contributed by atoms with Crippen molar-refractivity contribution in [2.45, 2.75) is 21.3 Å². The molecule has 7 heteroatoms. The fourth-order valence-electron chi connectivity index (χ4n) is 1.67. The molecular formula is C17H19Cl2NO4. The molecule has 0 aliphatic rings. The Morgan fingerprint density at radius 2 is 1.33 bits per heavy atom. The molecule has 0 spiro atoms. The highest BCUT2D eigenvalue weighted by atomic mass is 35.5. The molecule has 3 N–H and O–H groups in total. The van der Waals surface area contributed by atoms with Gasteiger partial charge in [0.1, 0.15) is 11.5 Å². The van der Waals surface area contributed by atoms with Crippen LogP contribution in [0.1, 0.15) is 37.2 Å². The van der Waals surface area contributed by atoms with Crippen LogP contribution in [-0.2, 0) is 0 Å². The van der Waals surface area contributed by atoms with Gasteiger partial charge in [-0.15, -0.1) is 0 Å². The third-order valence-corrected chi connectivity index (χ3v) is 3.31. The van der Waals surface area contributed by atoms with E-state index < -0.39 is 0 Å². The minimum Gasteiger partial charge on any atom is -0.507 e. The maximum Gasteiger partial charge on any atom is 0.163 e. The summed E-state index contributed by atoms with van der Waals surface area (Å²) < 4.78 is 0. The number of carbonyl (C=O) groups is 1. The number of ketones is 1. The normalized spacial score (nSPS) is 10.2. The van der Waals surface area contributed by atoms with Gasteiger partial charge < -0.3 is 15.4 Å². The van der Waals surface area contributed by atoms with Crippen LogP contribution in [0.4, 0.5) is 0 Å². The lowest BCUT2D eigenvalue weighted by atomic mass is 10.1. The summed E-state index contributed by atoms with van der Waals surface area (Å²) in [6.07, 6.45) is 0. The van der Waals surface area contributed by atoms with Crippen LogP contribution in [0.15, 0.2) is 41.6 Å². The van der Waals surface area contributed by atoms with Gasteiger partial charge in [-0.2, -0.15) is 0 Å². The van der Waals surface area contributed by atoms with E-state index >= 15 is 0 Å². The van der Waals surface area contributed by atoms with Gasteiger partial charge in [0.05, 0.1) is 11.3 Å². The summed E-state index contributed by atoms with van der Waals surface area (Å²) >= 11 is 11.2. The Morgan fingerprint density at radius 3 is 1.67 bits per heavy atom. The summed E-state index contributed by atoms with van der Waals surface area (Å²) in [6, 6.07) is 9.01. The number of hydrogen-bond donors (Lipinski definition) is 3.